The Bertz CT molecular complexity index is 963. The molecule has 7 nitrogen and oxygen atoms in total. The summed E-state index contributed by atoms with van der Waals surface area (Å²) in [5.41, 5.74) is 2.83. The highest BCUT2D eigenvalue weighted by atomic mass is 16.5. The maximum Gasteiger partial charge on any atom is 0.188 e. The molecule has 0 amide bonds. The number of H-pyrrole nitrogens is 1. The summed E-state index contributed by atoms with van der Waals surface area (Å²) in [7, 11) is 0. The third kappa shape index (κ3) is 4.06. The van der Waals surface area contributed by atoms with Gasteiger partial charge in [-0.05, 0) is 30.3 Å². The molecule has 3 aromatic rings. The van der Waals surface area contributed by atoms with Crippen LogP contribution >= 0.6 is 0 Å². The Morgan fingerprint density at radius 2 is 2.04 bits per heavy atom. The van der Waals surface area contributed by atoms with E-state index >= 15 is 0 Å². The van der Waals surface area contributed by atoms with Gasteiger partial charge in [0, 0.05) is 25.2 Å². The fourth-order valence-electron chi connectivity index (χ4n) is 3.30. The van der Waals surface area contributed by atoms with Crippen LogP contribution in [0, 0.1) is 0 Å². The van der Waals surface area contributed by atoms with E-state index in [1.165, 1.54) is 0 Å². The second-order valence-corrected chi connectivity index (χ2v) is 6.70. The number of carbonyl (C=O) groups is 1. The smallest absolute Gasteiger partial charge is 0.188 e. The number of ketones is 1. The molecule has 0 bridgehead atoms. The molecule has 4 rings (SSSR count). The van der Waals surface area contributed by atoms with Gasteiger partial charge in [0.1, 0.15) is 24.8 Å². The first-order valence-electron chi connectivity index (χ1n) is 9.41. The van der Waals surface area contributed by atoms with Crippen molar-refractivity contribution in [3.63, 3.8) is 0 Å². The quantitative estimate of drug-likeness (QED) is 0.610. The van der Waals surface area contributed by atoms with Gasteiger partial charge in [-0.1, -0.05) is 12.1 Å². The normalized spacial score (nSPS) is 15.0. The van der Waals surface area contributed by atoms with Crippen LogP contribution in [0.4, 0.5) is 0 Å². The molecule has 0 atom stereocenters. The van der Waals surface area contributed by atoms with E-state index in [9.17, 15) is 4.79 Å². The van der Waals surface area contributed by atoms with Crippen LogP contribution in [0.1, 0.15) is 10.4 Å². The van der Waals surface area contributed by atoms with E-state index in [0.29, 0.717) is 18.0 Å². The standard InChI is InChI=1S/C21H23N3O4/c25-14-19(26)15-5-6-17-18(13-15)23-21(22-17)16-3-1-2-4-20(16)28-12-9-24-7-10-27-11-8-24/h1-6,13,25H,7-12,14H2,(H,22,23). The highest BCUT2D eigenvalue weighted by molar-refractivity contribution is 5.99. The van der Waals surface area contributed by atoms with Crippen LogP contribution in [0.25, 0.3) is 22.4 Å². The second kappa shape index (κ2) is 8.52. The van der Waals surface area contributed by atoms with E-state index in [0.717, 1.165) is 55.2 Å². The maximum absolute atomic E-state index is 11.7. The molecule has 0 saturated carbocycles. The number of hydrogen-bond acceptors (Lipinski definition) is 6. The summed E-state index contributed by atoms with van der Waals surface area (Å²) in [6.45, 7) is 4.35. The lowest BCUT2D eigenvalue weighted by molar-refractivity contribution is 0.0323. The van der Waals surface area contributed by atoms with Gasteiger partial charge in [-0.15, -0.1) is 0 Å². The SMILES string of the molecule is O=C(CO)c1ccc2nc(-c3ccccc3OCCN3CCOCC3)[nH]c2c1. The van der Waals surface area contributed by atoms with Gasteiger partial charge in [0.05, 0.1) is 29.8 Å². The number of aliphatic hydroxyl groups is 1. The number of imidazole rings is 1. The number of fused-ring (bicyclic) bond motifs is 1. The van der Waals surface area contributed by atoms with E-state index in [4.69, 9.17) is 14.6 Å². The minimum absolute atomic E-state index is 0.315. The van der Waals surface area contributed by atoms with Crippen molar-refractivity contribution < 1.29 is 19.4 Å². The summed E-state index contributed by atoms with van der Waals surface area (Å²) >= 11 is 0. The lowest BCUT2D eigenvalue weighted by atomic mass is 10.1. The first-order valence-corrected chi connectivity index (χ1v) is 9.41. The van der Waals surface area contributed by atoms with Crippen LogP contribution in [0.5, 0.6) is 5.75 Å². The fraction of sp³-hybridized carbons (Fsp3) is 0.333. The molecule has 1 saturated heterocycles. The van der Waals surface area contributed by atoms with Gasteiger partial charge in [-0.2, -0.15) is 0 Å². The molecule has 2 heterocycles. The minimum atomic E-state index is -0.508. The van der Waals surface area contributed by atoms with Gasteiger partial charge < -0.3 is 19.6 Å². The molecule has 2 N–H and O–H groups in total. The number of aromatic amines is 1. The molecule has 0 unspecified atom stereocenters. The maximum atomic E-state index is 11.7. The Balaban J connectivity index is 1.53. The molecule has 146 valence electrons. The molecule has 0 aliphatic carbocycles. The molecule has 7 heteroatoms. The van der Waals surface area contributed by atoms with Crippen molar-refractivity contribution in [1.82, 2.24) is 14.9 Å². The zero-order valence-corrected chi connectivity index (χ0v) is 15.6. The van der Waals surface area contributed by atoms with Crippen molar-refractivity contribution >= 4 is 16.8 Å². The Kier molecular flexibility index (Phi) is 5.66. The van der Waals surface area contributed by atoms with Crippen molar-refractivity contribution in [2.45, 2.75) is 0 Å². The Morgan fingerprint density at radius 1 is 1.21 bits per heavy atom. The third-order valence-electron chi connectivity index (χ3n) is 4.86. The number of para-hydroxylation sites is 1. The average molecular weight is 381 g/mol. The van der Waals surface area contributed by atoms with E-state index in [2.05, 4.69) is 14.9 Å². The van der Waals surface area contributed by atoms with Crippen LogP contribution < -0.4 is 4.74 Å². The number of Topliss-reactive ketones (excluding diaryl/α,β-unsaturated/α-hetero) is 1. The molecule has 1 aliphatic rings. The molecule has 2 aromatic carbocycles. The summed E-state index contributed by atoms with van der Waals surface area (Å²) in [5, 5.41) is 9.05. The van der Waals surface area contributed by atoms with Crippen LogP contribution in [0.2, 0.25) is 0 Å². The van der Waals surface area contributed by atoms with Gasteiger partial charge in [-0.25, -0.2) is 4.98 Å². The number of rotatable bonds is 7. The monoisotopic (exact) mass is 381 g/mol. The number of aliphatic hydroxyl groups excluding tert-OH is 1. The number of nitrogens with one attached hydrogen (secondary N) is 1. The fourth-order valence-corrected chi connectivity index (χ4v) is 3.30. The van der Waals surface area contributed by atoms with Gasteiger partial charge in [0.15, 0.2) is 5.78 Å². The number of carbonyl (C=O) groups excluding carboxylic acids is 1. The number of benzene rings is 2. The molecule has 28 heavy (non-hydrogen) atoms. The van der Waals surface area contributed by atoms with E-state index in [1.54, 1.807) is 18.2 Å². The van der Waals surface area contributed by atoms with Crippen molar-refractivity contribution in [1.29, 1.82) is 0 Å². The van der Waals surface area contributed by atoms with E-state index in [-0.39, 0.29) is 5.78 Å². The Hall–Kier alpha value is -2.74. The van der Waals surface area contributed by atoms with Gasteiger partial charge >= 0.3 is 0 Å². The highest BCUT2D eigenvalue weighted by Crippen LogP contribution is 2.29. The van der Waals surface area contributed by atoms with E-state index < -0.39 is 6.61 Å². The molecular weight excluding hydrogens is 358 g/mol. The summed E-state index contributed by atoms with van der Waals surface area (Å²) in [6, 6.07) is 12.9. The van der Waals surface area contributed by atoms with E-state index in [1.807, 2.05) is 24.3 Å². The number of nitrogens with zero attached hydrogens (tertiary/aromatic N) is 2. The molecule has 1 fully saturated rings. The Labute approximate surface area is 162 Å². The van der Waals surface area contributed by atoms with Crippen LogP contribution in [-0.4, -0.2) is 71.8 Å². The van der Waals surface area contributed by atoms with Gasteiger partial charge in [0.25, 0.3) is 0 Å². The molecular formula is C21H23N3O4. The Morgan fingerprint density at radius 3 is 2.86 bits per heavy atom. The van der Waals surface area contributed by atoms with Gasteiger partial charge in [0.2, 0.25) is 0 Å². The minimum Gasteiger partial charge on any atom is -0.491 e. The van der Waals surface area contributed by atoms with Crippen molar-refractivity contribution in [2.24, 2.45) is 0 Å². The zero-order valence-electron chi connectivity index (χ0n) is 15.6. The van der Waals surface area contributed by atoms with Crippen LogP contribution in [0.3, 0.4) is 0 Å². The second-order valence-electron chi connectivity index (χ2n) is 6.70. The summed E-state index contributed by atoms with van der Waals surface area (Å²) in [5.74, 6) is 1.14. The number of morpholine rings is 1. The number of aromatic nitrogens is 2. The van der Waals surface area contributed by atoms with Crippen LogP contribution in [0.15, 0.2) is 42.5 Å². The van der Waals surface area contributed by atoms with Crippen LogP contribution in [-0.2, 0) is 4.74 Å². The number of hydrogen-bond donors (Lipinski definition) is 2. The lowest BCUT2D eigenvalue weighted by Crippen LogP contribution is -2.38. The third-order valence-corrected chi connectivity index (χ3v) is 4.86. The molecule has 0 spiro atoms. The summed E-state index contributed by atoms with van der Waals surface area (Å²) < 4.78 is 11.4. The average Bonchev–Trinajstić information content (AvgIpc) is 3.17. The summed E-state index contributed by atoms with van der Waals surface area (Å²) in [6.07, 6.45) is 0. The largest absolute Gasteiger partial charge is 0.491 e. The highest BCUT2D eigenvalue weighted by Gasteiger charge is 2.14. The lowest BCUT2D eigenvalue weighted by Gasteiger charge is -2.26. The van der Waals surface area contributed by atoms with Crippen molar-refractivity contribution in [2.75, 3.05) is 46.1 Å². The predicted octanol–water partition coefficient (Wildman–Crippen LogP) is 2.12. The zero-order chi connectivity index (χ0) is 19.3. The molecule has 1 aliphatic heterocycles. The first-order chi connectivity index (χ1) is 13.7. The predicted molar refractivity (Wildman–Crippen MR) is 106 cm³/mol. The van der Waals surface area contributed by atoms with Crippen molar-refractivity contribution in [3.8, 4) is 17.1 Å². The number of ether oxygens (including phenoxy) is 2. The molecule has 0 radical (unpaired) electrons. The topological polar surface area (TPSA) is 87.7 Å². The van der Waals surface area contributed by atoms with Crippen molar-refractivity contribution in [3.05, 3.63) is 48.0 Å². The molecule has 1 aromatic heterocycles. The first kappa shape index (κ1) is 18.6. The summed E-state index contributed by atoms with van der Waals surface area (Å²) in [4.78, 5) is 21.9. The van der Waals surface area contributed by atoms with Gasteiger partial charge in [-0.3, -0.25) is 9.69 Å².